The van der Waals surface area contributed by atoms with Crippen LogP contribution in [0.25, 0.3) is 0 Å². The van der Waals surface area contributed by atoms with Gasteiger partial charge < -0.3 is 35.7 Å². The first-order valence-electron chi connectivity index (χ1n) is 15.3. The summed E-state index contributed by atoms with van der Waals surface area (Å²) < 4.78 is 17.2. The molecular formula is C38H54O7SY. The predicted octanol–water partition coefficient (Wildman–Crippen LogP) is 8.60. The molecule has 0 unspecified atom stereocenters. The molecule has 0 atom stereocenters. The molecule has 0 aliphatic rings. The maximum Gasteiger partial charge on any atom is 0.169 e. The van der Waals surface area contributed by atoms with Crippen LogP contribution in [-0.4, -0.2) is 35.8 Å². The number of hydrogen-bond donors (Lipinski definition) is 1. The fourth-order valence-electron chi connectivity index (χ4n) is 4.88. The number of ether oxygens (including phenoxy) is 3. The summed E-state index contributed by atoms with van der Waals surface area (Å²) >= 11 is 1.73. The molecule has 257 valence electrons. The third kappa shape index (κ3) is 13.1. The third-order valence-corrected chi connectivity index (χ3v) is 9.15. The van der Waals surface area contributed by atoms with Gasteiger partial charge in [-0.3, -0.25) is 0 Å². The molecule has 0 amide bonds. The first kappa shape index (κ1) is 46.5. The van der Waals surface area contributed by atoms with E-state index in [0.717, 1.165) is 34.1 Å². The summed E-state index contributed by atoms with van der Waals surface area (Å²) in [4.78, 5) is 2.36. The van der Waals surface area contributed by atoms with Gasteiger partial charge in [0.05, 0.1) is 14.2 Å². The molecule has 7 nitrogen and oxygen atoms in total. The Labute approximate surface area is 311 Å². The van der Waals surface area contributed by atoms with E-state index in [1.807, 2.05) is 42.5 Å². The zero-order chi connectivity index (χ0) is 31.4. The molecule has 0 aliphatic carbocycles. The first-order valence-corrected chi connectivity index (χ1v) is 16.1. The van der Waals surface area contributed by atoms with Crippen LogP contribution in [0.5, 0.6) is 28.7 Å². The quantitative estimate of drug-likeness (QED) is 0.155. The molecule has 4 rings (SSSR count). The molecule has 0 aliphatic heterocycles. The summed E-state index contributed by atoms with van der Waals surface area (Å²) in [5.41, 5.74) is 3.04. The van der Waals surface area contributed by atoms with Crippen LogP contribution in [0.4, 0.5) is 0 Å². The van der Waals surface area contributed by atoms with Crippen LogP contribution >= 0.6 is 11.8 Å². The molecule has 4 aromatic carbocycles. The van der Waals surface area contributed by atoms with Gasteiger partial charge in [-0.15, -0.1) is 0 Å². The van der Waals surface area contributed by atoms with Gasteiger partial charge in [0.1, 0.15) is 5.75 Å². The summed E-state index contributed by atoms with van der Waals surface area (Å²) in [5, 5.41) is 10.0. The Kier molecular flexibility index (Phi) is 22.7. The van der Waals surface area contributed by atoms with Crippen molar-refractivity contribution < 1.29 is 68.5 Å². The molecule has 0 saturated heterocycles. The zero-order valence-electron chi connectivity index (χ0n) is 29.1. The van der Waals surface area contributed by atoms with E-state index in [2.05, 4.69) is 77.9 Å². The van der Waals surface area contributed by atoms with Gasteiger partial charge in [-0.1, -0.05) is 96.8 Å². The molecule has 0 heterocycles. The topological polar surface area (TPSA) is 142 Å². The number of phenolic OH excluding ortho intramolecular Hbond substituents is 1. The fourth-order valence-corrected chi connectivity index (χ4v) is 5.69. The van der Waals surface area contributed by atoms with Crippen molar-refractivity contribution in [2.24, 2.45) is 5.92 Å². The van der Waals surface area contributed by atoms with Gasteiger partial charge in [0, 0.05) is 47.9 Å². The van der Waals surface area contributed by atoms with Crippen LogP contribution in [0.1, 0.15) is 77.5 Å². The summed E-state index contributed by atoms with van der Waals surface area (Å²) in [6.07, 6.45) is 5.11. The first-order chi connectivity index (χ1) is 20.7. The van der Waals surface area contributed by atoms with Crippen LogP contribution in [0.15, 0.2) is 94.7 Å². The van der Waals surface area contributed by atoms with Crippen LogP contribution < -0.4 is 14.2 Å². The van der Waals surface area contributed by atoms with E-state index in [4.69, 9.17) is 14.2 Å². The van der Waals surface area contributed by atoms with Crippen LogP contribution in [-0.2, 0) is 44.5 Å². The van der Waals surface area contributed by atoms with Gasteiger partial charge in [0.15, 0.2) is 23.0 Å². The predicted molar refractivity (Wildman–Crippen MR) is 191 cm³/mol. The average molecular weight is 744 g/mol. The van der Waals surface area contributed by atoms with Crippen molar-refractivity contribution in [3.05, 3.63) is 102 Å². The summed E-state index contributed by atoms with van der Waals surface area (Å²) in [6.45, 7) is 13.2. The summed E-state index contributed by atoms with van der Waals surface area (Å²) in [6, 6.07) is 28.2. The Morgan fingerprint density at radius 3 is 1.55 bits per heavy atom. The van der Waals surface area contributed by atoms with E-state index in [0.29, 0.717) is 17.2 Å². The van der Waals surface area contributed by atoms with E-state index >= 15 is 0 Å². The van der Waals surface area contributed by atoms with Gasteiger partial charge in [0.2, 0.25) is 0 Å². The standard InChI is InChI=1S/C31H32O4S.C7H16.3H2O.Y/c1-6-21-7-13-25(14-8-21)36-26-15-11-24(12-16-26)35-30-20-23(10-18-28(30)33-4)31(2,3)22-9-17-27(32)29(19-22)34-5;1-4-7(5-2)6-3;;;;/h7-20,32H,6H2,1-5H3;7H,4-6H2,1-3H3;3*1H2;. The smallest absolute Gasteiger partial charge is 0.169 e. The molecular weight excluding hydrogens is 689 g/mol. The second-order valence-electron chi connectivity index (χ2n) is 11.1. The number of rotatable bonds is 12. The minimum absolute atomic E-state index is 0. The van der Waals surface area contributed by atoms with Gasteiger partial charge in [0.25, 0.3) is 0 Å². The summed E-state index contributed by atoms with van der Waals surface area (Å²) in [5.74, 6) is 3.59. The third-order valence-electron chi connectivity index (χ3n) is 8.14. The Morgan fingerprint density at radius 1 is 0.638 bits per heavy atom. The van der Waals surface area contributed by atoms with Crippen molar-refractivity contribution in [3.63, 3.8) is 0 Å². The number of phenols is 1. The van der Waals surface area contributed by atoms with Crippen LogP contribution in [0.2, 0.25) is 0 Å². The van der Waals surface area contributed by atoms with Gasteiger partial charge in [-0.25, -0.2) is 0 Å². The van der Waals surface area contributed by atoms with Crippen molar-refractivity contribution in [2.45, 2.75) is 82.4 Å². The van der Waals surface area contributed by atoms with Crippen molar-refractivity contribution >= 4 is 11.8 Å². The van der Waals surface area contributed by atoms with Crippen molar-refractivity contribution in [3.8, 4) is 28.7 Å². The maximum absolute atomic E-state index is 10.0. The van der Waals surface area contributed by atoms with Crippen molar-refractivity contribution in [1.29, 1.82) is 0 Å². The maximum atomic E-state index is 10.0. The Balaban J connectivity index is 0. The summed E-state index contributed by atoms with van der Waals surface area (Å²) in [7, 11) is 3.19. The second-order valence-corrected chi connectivity index (χ2v) is 12.3. The van der Waals surface area contributed by atoms with Crippen molar-refractivity contribution in [2.75, 3.05) is 14.2 Å². The van der Waals surface area contributed by atoms with E-state index in [-0.39, 0.29) is 60.3 Å². The van der Waals surface area contributed by atoms with Gasteiger partial charge in [-0.2, -0.15) is 0 Å². The number of aromatic hydroxyl groups is 1. The number of methoxy groups -OCH3 is 2. The molecule has 0 bridgehead atoms. The van der Waals surface area contributed by atoms with E-state index in [1.165, 1.54) is 29.7 Å². The molecule has 0 spiro atoms. The minimum atomic E-state index is -0.362. The molecule has 9 heteroatoms. The van der Waals surface area contributed by atoms with Gasteiger partial charge >= 0.3 is 0 Å². The SMILES string of the molecule is CCC(CC)CC.CCc1ccc(Sc2ccc(Oc3cc(C(C)(C)c4ccc(O)c(OC)c4)ccc3OC)cc2)cc1.O.O.O.[Y]. The van der Waals surface area contributed by atoms with E-state index < -0.39 is 0 Å². The fraction of sp³-hybridized carbons (Fsp3) is 0.368. The zero-order valence-corrected chi connectivity index (χ0v) is 32.8. The molecule has 0 saturated carbocycles. The largest absolute Gasteiger partial charge is 0.504 e. The Bertz CT molecular complexity index is 1420. The second kappa shape index (κ2) is 22.9. The number of benzene rings is 4. The Hall–Kier alpha value is -2.59. The minimum Gasteiger partial charge on any atom is -0.504 e. The van der Waals surface area contributed by atoms with Crippen LogP contribution in [0.3, 0.4) is 0 Å². The average Bonchev–Trinajstić information content (AvgIpc) is 3.03. The van der Waals surface area contributed by atoms with Crippen LogP contribution in [0, 0.1) is 5.92 Å². The Morgan fingerprint density at radius 2 is 1.11 bits per heavy atom. The molecule has 1 radical (unpaired) electrons. The monoisotopic (exact) mass is 743 g/mol. The normalized spacial score (nSPS) is 10.1. The van der Waals surface area contributed by atoms with Crippen molar-refractivity contribution in [1.82, 2.24) is 0 Å². The van der Waals surface area contributed by atoms with Gasteiger partial charge in [-0.05, 0) is 89.7 Å². The molecule has 47 heavy (non-hydrogen) atoms. The van der Waals surface area contributed by atoms with E-state index in [9.17, 15) is 5.11 Å². The molecule has 0 aromatic heterocycles. The molecule has 0 fully saturated rings. The molecule has 7 N–H and O–H groups in total. The number of hydrogen-bond acceptors (Lipinski definition) is 5. The number of aryl methyl sites for hydroxylation is 1. The van der Waals surface area contributed by atoms with E-state index in [1.54, 1.807) is 32.0 Å². The molecule has 4 aromatic rings.